The van der Waals surface area contributed by atoms with Gasteiger partial charge in [-0.15, -0.1) is 0 Å². The highest BCUT2D eigenvalue weighted by molar-refractivity contribution is 6.36. The van der Waals surface area contributed by atoms with Crippen molar-refractivity contribution < 1.29 is 13.9 Å². The lowest BCUT2D eigenvalue weighted by Crippen LogP contribution is -2.34. The number of anilines is 2. The molecule has 10 heteroatoms. The fourth-order valence-corrected chi connectivity index (χ4v) is 7.07. The van der Waals surface area contributed by atoms with E-state index in [1.807, 2.05) is 17.0 Å². The number of likely N-dealkylation sites (tertiary alicyclic amines) is 1. The second-order valence-electron chi connectivity index (χ2n) is 11.5. The Bertz CT molecular complexity index is 1450. The zero-order valence-corrected chi connectivity index (χ0v) is 24.8. The third-order valence-corrected chi connectivity index (χ3v) is 9.19. The number of amides is 1. The number of carbonyl (C=O) groups is 1. The minimum absolute atomic E-state index is 0.0361. The molecule has 222 valence electrons. The molecule has 0 bridgehead atoms. The van der Waals surface area contributed by atoms with Gasteiger partial charge in [0.15, 0.2) is 0 Å². The Hall–Kier alpha value is -3.43. The Balaban J connectivity index is 0.000000296. The minimum atomic E-state index is -0.518. The lowest BCUT2D eigenvalue weighted by Gasteiger charge is -2.32. The summed E-state index contributed by atoms with van der Waals surface area (Å²) in [6.45, 7) is 8.25. The maximum absolute atomic E-state index is 12.6. The van der Waals surface area contributed by atoms with E-state index in [1.54, 1.807) is 7.11 Å². The Labute approximate surface area is 251 Å². The second kappa shape index (κ2) is 12.4. The smallest absolute Gasteiger partial charge is 0.318 e. The number of ether oxygens (including phenoxy) is 1. The molecule has 7 rings (SSSR count). The molecule has 1 aromatic heterocycles. The number of carbonyl (C=O) groups excluding carboxylic acids is 1. The molecular formula is C32H38ClFN6O2. The highest BCUT2D eigenvalue weighted by Gasteiger charge is 2.35. The first-order chi connectivity index (χ1) is 20.4. The maximum atomic E-state index is 12.6. The molecule has 4 aliphatic rings. The van der Waals surface area contributed by atoms with Crippen molar-refractivity contribution in [2.24, 2.45) is 0 Å². The Morgan fingerprint density at radius 3 is 2.76 bits per heavy atom. The molecule has 2 aromatic carbocycles. The standard InChI is InChI=1S/C25H26ClN5O2.C7H12FN/c1-3-22(32)31-12-10-17(14-31)27-24-18-11-13-30(15-20(18)28-25(29-24)33-2)21-9-5-7-16-6-4-8-19(26)23(16)21;8-6-4-7-2-1-3-9(7)5-6/h3-9,17H,1,10-15H2,2H3,(H,27,28,29);6-7H,1-5H2. The monoisotopic (exact) mass is 592 g/mol. The predicted molar refractivity (Wildman–Crippen MR) is 165 cm³/mol. The number of nitrogens with zero attached hydrogens (tertiary/aromatic N) is 5. The number of rotatable bonds is 5. The molecule has 0 spiro atoms. The quantitative estimate of drug-likeness (QED) is 0.406. The molecular weight excluding hydrogens is 555 g/mol. The molecule has 3 aromatic rings. The van der Waals surface area contributed by atoms with E-state index >= 15 is 0 Å². The number of aromatic nitrogens is 2. The van der Waals surface area contributed by atoms with E-state index in [9.17, 15) is 9.18 Å². The van der Waals surface area contributed by atoms with Crippen molar-refractivity contribution >= 4 is 39.8 Å². The van der Waals surface area contributed by atoms with Crippen molar-refractivity contribution in [3.05, 3.63) is 65.3 Å². The van der Waals surface area contributed by atoms with Gasteiger partial charge in [0, 0.05) is 54.9 Å². The highest BCUT2D eigenvalue weighted by Crippen LogP contribution is 2.36. The van der Waals surface area contributed by atoms with E-state index < -0.39 is 6.17 Å². The van der Waals surface area contributed by atoms with E-state index in [4.69, 9.17) is 16.3 Å². The van der Waals surface area contributed by atoms with Gasteiger partial charge in [-0.3, -0.25) is 9.69 Å². The van der Waals surface area contributed by atoms with Gasteiger partial charge < -0.3 is 19.9 Å². The number of methoxy groups -OCH3 is 1. The maximum Gasteiger partial charge on any atom is 0.318 e. The fourth-order valence-electron chi connectivity index (χ4n) is 6.79. The van der Waals surface area contributed by atoms with Crippen LogP contribution in [0.3, 0.4) is 0 Å². The molecule has 0 radical (unpaired) electrons. The Morgan fingerprint density at radius 1 is 1.14 bits per heavy atom. The molecule has 3 saturated heterocycles. The summed E-state index contributed by atoms with van der Waals surface area (Å²) in [6.07, 6.45) is 5.84. The predicted octanol–water partition coefficient (Wildman–Crippen LogP) is 5.25. The van der Waals surface area contributed by atoms with Crippen LogP contribution < -0.4 is 15.0 Å². The molecule has 5 heterocycles. The molecule has 42 heavy (non-hydrogen) atoms. The summed E-state index contributed by atoms with van der Waals surface area (Å²) in [5.74, 6) is 0.761. The van der Waals surface area contributed by atoms with Gasteiger partial charge >= 0.3 is 6.01 Å². The zero-order valence-electron chi connectivity index (χ0n) is 24.1. The van der Waals surface area contributed by atoms with E-state index in [-0.39, 0.29) is 11.9 Å². The Morgan fingerprint density at radius 2 is 1.98 bits per heavy atom. The number of fused-ring (bicyclic) bond motifs is 3. The van der Waals surface area contributed by atoms with Gasteiger partial charge in [-0.05, 0) is 62.2 Å². The first-order valence-electron chi connectivity index (χ1n) is 14.9. The van der Waals surface area contributed by atoms with Gasteiger partial charge in [-0.2, -0.15) is 9.97 Å². The van der Waals surface area contributed by atoms with Crippen LogP contribution in [0.5, 0.6) is 6.01 Å². The number of nitrogens with one attached hydrogen (secondary N) is 1. The topological polar surface area (TPSA) is 73.8 Å². The van der Waals surface area contributed by atoms with Gasteiger partial charge in [0.2, 0.25) is 5.91 Å². The number of alkyl halides is 1. The molecule has 4 aliphatic heterocycles. The van der Waals surface area contributed by atoms with Gasteiger partial charge in [-0.1, -0.05) is 42.4 Å². The van der Waals surface area contributed by atoms with Crippen LogP contribution in [0, 0.1) is 0 Å². The lowest BCUT2D eigenvalue weighted by atomic mass is 10.0. The van der Waals surface area contributed by atoms with E-state index in [0.29, 0.717) is 38.2 Å². The largest absolute Gasteiger partial charge is 0.467 e. The molecule has 3 fully saturated rings. The number of benzene rings is 2. The van der Waals surface area contributed by atoms with Crippen LogP contribution in [-0.4, -0.2) is 83.8 Å². The van der Waals surface area contributed by atoms with Gasteiger partial charge in [0.25, 0.3) is 0 Å². The van der Waals surface area contributed by atoms with Crippen molar-refractivity contribution in [1.29, 1.82) is 0 Å². The van der Waals surface area contributed by atoms with Gasteiger partial charge in [0.05, 0.1) is 24.4 Å². The van der Waals surface area contributed by atoms with Crippen LogP contribution in [0.15, 0.2) is 49.1 Å². The van der Waals surface area contributed by atoms with E-state index in [1.165, 1.54) is 18.9 Å². The summed E-state index contributed by atoms with van der Waals surface area (Å²) in [5.41, 5.74) is 3.15. The van der Waals surface area contributed by atoms with Crippen LogP contribution in [0.4, 0.5) is 15.9 Å². The summed E-state index contributed by atoms with van der Waals surface area (Å²) >= 11 is 6.58. The second-order valence-corrected chi connectivity index (χ2v) is 11.9. The van der Waals surface area contributed by atoms with E-state index in [2.05, 4.69) is 55.9 Å². The summed E-state index contributed by atoms with van der Waals surface area (Å²) in [7, 11) is 1.58. The van der Waals surface area contributed by atoms with Crippen LogP contribution in [0.2, 0.25) is 5.02 Å². The molecule has 8 nitrogen and oxygen atoms in total. The summed E-state index contributed by atoms with van der Waals surface area (Å²) < 4.78 is 18.0. The number of hydrogen-bond acceptors (Lipinski definition) is 7. The average Bonchev–Trinajstić information content (AvgIpc) is 3.73. The van der Waals surface area contributed by atoms with Crippen LogP contribution in [0.25, 0.3) is 10.8 Å². The summed E-state index contributed by atoms with van der Waals surface area (Å²) in [4.78, 5) is 27.6. The number of hydrogen-bond donors (Lipinski definition) is 1. The van der Waals surface area contributed by atoms with Crippen molar-refractivity contribution in [2.45, 2.75) is 56.9 Å². The fraction of sp³-hybridized carbons (Fsp3) is 0.469. The Kier molecular flexibility index (Phi) is 8.49. The molecule has 0 saturated carbocycles. The first kappa shape index (κ1) is 28.7. The van der Waals surface area contributed by atoms with E-state index in [0.717, 1.165) is 70.9 Å². The van der Waals surface area contributed by atoms with Crippen LogP contribution in [-0.2, 0) is 17.8 Å². The molecule has 1 amide bonds. The first-order valence-corrected chi connectivity index (χ1v) is 15.2. The zero-order chi connectivity index (χ0) is 29.2. The average molecular weight is 593 g/mol. The molecule has 0 aliphatic carbocycles. The van der Waals surface area contributed by atoms with Crippen molar-refractivity contribution in [1.82, 2.24) is 19.8 Å². The van der Waals surface area contributed by atoms with Gasteiger partial charge in [0.1, 0.15) is 12.0 Å². The lowest BCUT2D eigenvalue weighted by molar-refractivity contribution is -0.125. The number of halogens is 2. The third kappa shape index (κ3) is 5.90. The normalized spacial score (nSPS) is 23.3. The van der Waals surface area contributed by atoms with Crippen LogP contribution in [0.1, 0.15) is 36.9 Å². The molecule has 3 atom stereocenters. The van der Waals surface area contributed by atoms with Crippen molar-refractivity contribution in [3.63, 3.8) is 0 Å². The van der Waals surface area contributed by atoms with Crippen molar-refractivity contribution in [2.75, 3.05) is 50.1 Å². The highest BCUT2D eigenvalue weighted by atomic mass is 35.5. The van der Waals surface area contributed by atoms with Crippen molar-refractivity contribution in [3.8, 4) is 6.01 Å². The third-order valence-electron chi connectivity index (χ3n) is 8.87. The minimum Gasteiger partial charge on any atom is -0.467 e. The van der Waals surface area contributed by atoms with Crippen LogP contribution >= 0.6 is 11.6 Å². The molecule has 3 unspecified atom stereocenters. The van der Waals surface area contributed by atoms with Gasteiger partial charge in [-0.25, -0.2) is 4.39 Å². The summed E-state index contributed by atoms with van der Waals surface area (Å²) in [5, 5.41) is 6.47. The molecule has 1 N–H and O–H groups in total. The SMILES string of the molecule is C=CC(=O)N1CCC(Nc2nc(OC)nc3c2CCN(c2cccc4cccc(Cl)c24)C3)C1.FC1CC2CCCN2C1. The summed E-state index contributed by atoms with van der Waals surface area (Å²) in [6, 6.07) is 13.3.